The van der Waals surface area contributed by atoms with E-state index in [9.17, 15) is 0 Å². The van der Waals surface area contributed by atoms with Gasteiger partial charge in [-0.15, -0.1) is 0 Å². The van der Waals surface area contributed by atoms with Gasteiger partial charge in [0.15, 0.2) is 5.82 Å². The van der Waals surface area contributed by atoms with Gasteiger partial charge >= 0.3 is 0 Å². The van der Waals surface area contributed by atoms with E-state index in [1.807, 2.05) is 0 Å². The SMILES string of the molecule is CC(C)SCc1noc(C2COCC2N)n1. The first-order valence-corrected chi connectivity index (χ1v) is 6.49. The standard InChI is InChI=1S/C10H17N3O2S/c1-6(2)16-5-9-12-10(15-13-9)7-3-14-4-8(7)11/h6-8H,3-5,11H2,1-2H3. The molecule has 2 rings (SSSR count). The van der Waals surface area contributed by atoms with E-state index in [1.165, 1.54) is 0 Å². The van der Waals surface area contributed by atoms with Crippen LogP contribution in [0.25, 0.3) is 0 Å². The van der Waals surface area contributed by atoms with Crippen LogP contribution in [-0.2, 0) is 10.5 Å². The molecule has 2 heterocycles. The molecule has 1 aliphatic heterocycles. The quantitative estimate of drug-likeness (QED) is 0.855. The summed E-state index contributed by atoms with van der Waals surface area (Å²) in [4.78, 5) is 4.36. The fourth-order valence-electron chi connectivity index (χ4n) is 1.54. The van der Waals surface area contributed by atoms with E-state index in [4.69, 9.17) is 15.0 Å². The van der Waals surface area contributed by atoms with E-state index in [1.54, 1.807) is 11.8 Å². The van der Waals surface area contributed by atoms with E-state index in [-0.39, 0.29) is 12.0 Å². The predicted molar refractivity (Wildman–Crippen MR) is 62.3 cm³/mol. The minimum atomic E-state index is -0.0222. The van der Waals surface area contributed by atoms with Crippen molar-refractivity contribution in [3.8, 4) is 0 Å². The molecule has 1 aromatic heterocycles. The molecule has 0 saturated carbocycles. The number of hydrogen-bond acceptors (Lipinski definition) is 6. The van der Waals surface area contributed by atoms with Crippen molar-refractivity contribution in [1.82, 2.24) is 10.1 Å². The zero-order valence-corrected chi connectivity index (χ0v) is 10.4. The third kappa shape index (κ3) is 2.75. The average molecular weight is 243 g/mol. The second-order valence-electron chi connectivity index (χ2n) is 4.22. The molecule has 2 unspecified atom stereocenters. The van der Waals surface area contributed by atoms with Gasteiger partial charge in [-0.25, -0.2) is 0 Å². The second-order valence-corrected chi connectivity index (χ2v) is 5.78. The lowest BCUT2D eigenvalue weighted by Crippen LogP contribution is -2.27. The van der Waals surface area contributed by atoms with Crippen molar-refractivity contribution in [2.24, 2.45) is 5.73 Å². The van der Waals surface area contributed by atoms with Gasteiger partial charge in [0.05, 0.1) is 24.9 Å². The van der Waals surface area contributed by atoms with Gasteiger partial charge in [0.25, 0.3) is 0 Å². The molecule has 0 aliphatic carbocycles. The Morgan fingerprint density at radius 2 is 2.31 bits per heavy atom. The zero-order valence-electron chi connectivity index (χ0n) is 9.55. The lowest BCUT2D eigenvalue weighted by Gasteiger charge is -2.06. The maximum atomic E-state index is 5.88. The van der Waals surface area contributed by atoms with Crippen molar-refractivity contribution in [3.63, 3.8) is 0 Å². The van der Waals surface area contributed by atoms with Gasteiger partial charge in [-0.05, 0) is 5.25 Å². The van der Waals surface area contributed by atoms with Crippen LogP contribution in [0, 0.1) is 0 Å². The van der Waals surface area contributed by atoms with E-state index in [0.29, 0.717) is 24.4 Å². The van der Waals surface area contributed by atoms with Crippen LogP contribution in [0.2, 0.25) is 0 Å². The molecular formula is C10H17N3O2S. The largest absolute Gasteiger partial charge is 0.379 e. The molecular weight excluding hydrogens is 226 g/mol. The molecule has 2 N–H and O–H groups in total. The van der Waals surface area contributed by atoms with Crippen molar-refractivity contribution < 1.29 is 9.26 Å². The Hall–Kier alpha value is -0.590. The fourth-order valence-corrected chi connectivity index (χ4v) is 2.14. The van der Waals surface area contributed by atoms with Gasteiger partial charge < -0.3 is 15.0 Å². The van der Waals surface area contributed by atoms with Crippen molar-refractivity contribution in [2.75, 3.05) is 13.2 Å². The van der Waals surface area contributed by atoms with Gasteiger partial charge in [-0.1, -0.05) is 19.0 Å². The Bertz CT molecular complexity index is 343. The maximum absolute atomic E-state index is 5.88. The molecule has 0 radical (unpaired) electrons. The molecule has 6 heteroatoms. The molecule has 90 valence electrons. The number of hydrogen-bond donors (Lipinski definition) is 1. The molecule has 1 saturated heterocycles. The number of ether oxygens (including phenoxy) is 1. The zero-order chi connectivity index (χ0) is 11.5. The molecule has 5 nitrogen and oxygen atoms in total. The normalized spacial score (nSPS) is 25.5. The Morgan fingerprint density at radius 1 is 1.50 bits per heavy atom. The summed E-state index contributed by atoms with van der Waals surface area (Å²) < 4.78 is 10.5. The summed E-state index contributed by atoms with van der Waals surface area (Å²) in [6.07, 6.45) is 0. The molecule has 1 aliphatic rings. The van der Waals surface area contributed by atoms with Crippen molar-refractivity contribution in [1.29, 1.82) is 0 Å². The first-order chi connectivity index (χ1) is 7.66. The summed E-state index contributed by atoms with van der Waals surface area (Å²) in [7, 11) is 0. The van der Waals surface area contributed by atoms with Crippen molar-refractivity contribution in [3.05, 3.63) is 11.7 Å². The smallest absolute Gasteiger partial charge is 0.233 e. The van der Waals surface area contributed by atoms with E-state index in [0.717, 1.165) is 11.6 Å². The first-order valence-electron chi connectivity index (χ1n) is 5.44. The highest BCUT2D eigenvalue weighted by Gasteiger charge is 2.31. The van der Waals surface area contributed by atoms with Crippen LogP contribution in [0.3, 0.4) is 0 Å². The summed E-state index contributed by atoms with van der Waals surface area (Å²) >= 11 is 1.79. The molecule has 0 spiro atoms. The van der Waals surface area contributed by atoms with Gasteiger partial charge in [0.1, 0.15) is 0 Å². The molecule has 2 atom stereocenters. The number of aromatic nitrogens is 2. The van der Waals surface area contributed by atoms with Gasteiger partial charge in [0, 0.05) is 6.04 Å². The highest BCUT2D eigenvalue weighted by Crippen LogP contribution is 2.24. The summed E-state index contributed by atoms with van der Waals surface area (Å²) in [6, 6.07) is -0.0222. The van der Waals surface area contributed by atoms with Crippen molar-refractivity contribution >= 4 is 11.8 Å². The highest BCUT2D eigenvalue weighted by molar-refractivity contribution is 7.99. The molecule has 0 aromatic carbocycles. The minimum Gasteiger partial charge on any atom is -0.379 e. The van der Waals surface area contributed by atoms with Crippen LogP contribution in [0.15, 0.2) is 4.52 Å². The molecule has 1 fully saturated rings. The minimum absolute atomic E-state index is 0.0222. The lowest BCUT2D eigenvalue weighted by atomic mass is 10.1. The number of nitrogens with two attached hydrogens (primary N) is 1. The van der Waals surface area contributed by atoms with E-state index < -0.39 is 0 Å². The lowest BCUT2D eigenvalue weighted by molar-refractivity contribution is 0.187. The predicted octanol–water partition coefficient (Wildman–Crippen LogP) is 1.15. The van der Waals surface area contributed by atoms with Crippen LogP contribution in [0.5, 0.6) is 0 Å². The number of rotatable bonds is 4. The third-order valence-electron chi connectivity index (χ3n) is 2.47. The summed E-state index contributed by atoms with van der Waals surface area (Å²) in [6.45, 7) is 5.45. The summed E-state index contributed by atoms with van der Waals surface area (Å²) in [5.41, 5.74) is 5.88. The van der Waals surface area contributed by atoms with E-state index >= 15 is 0 Å². The van der Waals surface area contributed by atoms with Crippen LogP contribution in [-0.4, -0.2) is 34.6 Å². The molecule has 16 heavy (non-hydrogen) atoms. The van der Waals surface area contributed by atoms with Gasteiger partial charge in [-0.3, -0.25) is 0 Å². The molecule has 0 amide bonds. The summed E-state index contributed by atoms with van der Waals surface area (Å²) in [5.74, 6) is 2.20. The monoisotopic (exact) mass is 243 g/mol. The van der Waals surface area contributed by atoms with Crippen LogP contribution >= 0.6 is 11.8 Å². The number of nitrogens with zero attached hydrogens (tertiary/aromatic N) is 2. The van der Waals surface area contributed by atoms with Gasteiger partial charge in [0.2, 0.25) is 5.89 Å². The average Bonchev–Trinajstić information content (AvgIpc) is 2.83. The van der Waals surface area contributed by atoms with E-state index in [2.05, 4.69) is 24.0 Å². The Balaban J connectivity index is 1.96. The highest BCUT2D eigenvalue weighted by atomic mass is 32.2. The Labute approximate surface area is 99.1 Å². The molecule has 1 aromatic rings. The first kappa shape index (κ1) is 11.9. The van der Waals surface area contributed by atoms with Crippen molar-refractivity contribution in [2.45, 2.75) is 36.8 Å². The van der Waals surface area contributed by atoms with Crippen LogP contribution < -0.4 is 5.73 Å². The van der Waals surface area contributed by atoms with Gasteiger partial charge in [-0.2, -0.15) is 16.7 Å². The summed E-state index contributed by atoms with van der Waals surface area (Å²) in [5, 5.41) is 4.52. The van der Waals surface area contributed by atoms with Crippen LogP contribution in [0.1, 0.15) is 31.5 Å². The fraction of sp³-hybridized carbons (Fsp3) is 0.800. The number of thioether (sulfide) groups is 1. The third-order valence-corrected chi connectivity index (χ3v) is 3.56. The second kappa shape index (κ2) is 5.16. The Morgan fingerprint density at radius 3 is 2.94 bits per heavy atom. The topological polar surface area (TPSA) is 74.2 Å². The molecule has 0 bridgehead atoms. The van der Waals surface area contributed by atoms with Crippen LogP contribution in [0.4, 0.5) is 0 Å². The maximum Gasteiger partial charge on any atom is 0.233 e. The Kier molecular flexibility index (Phi) is 3.83.